The molecule has 1 aliphatic heterocycles. The van der Waals surface area contributed by atoms with E-state index in [4.69, 9.17) is 21.1 Å². The molecular formula is C25H24ClNO5. The third-order valence-electron chi connectivity index (χ3n) is 6.19. The molecular weight excluding hydrogens is 430 g/mol. The van der Waals surface area contributed by atoms with E-state index in [2.05, 4.69) is 11.9 Å². The number of hydrogen-bond acceptors (Lipinski definition) is 6. The van der Waals surface area contributed by atoms with Crippen LogP contribution in [-0.2, 0) is 14.3 Å². The first-order valence-corrected chi connectivity index (χ1v) is 10.6. The van der Waals surface area contributed by atoms with Crippen molar-refractivity contribution >= 4 is 23.4 Å². The van der Waals surface area contributed by atoms with Crippen LogP contribution in [0.4, 0.5) is 0 Å². The van der Waals surface area contributed by atoms with Gasteiger partial charge in [0, 0.05) is 29.3 Å². The van der Waals surface area contributed by atoms with Crippen LogP contribution in [0.1, 0.15) is 35.8 Å². The Morgan fingerprint density at radius 1 is 1.16 bits per heavy atom. The van der Waals surface area contributed by atoms with E-state index >= 15 is 0 Å². The Labute approximate surface area is 191 Å². The number of benzene rings is 2. The predicted octanol–water partition coefficient (Wildman–Crippen LogP) is 4.44. The molecule has 6 nitrogen and oxygen atoms in total. The molecule has 2 aliphatic rings. The first kappa shape index (κ1) is 22.0. The van der Waals surface area contributed by atoms with Crippen molar-refractivity contribution in [2.75, 3.05) is 14.2 Å². The molecule has 4 rings (SSSR count). The molecule has 2 N–H and O–H groups in total. The molecule has 0 amide bonds. The first-order chi connectivity index (χ1) is 15.3. The molecule has 7 heteroatoms. The highest BCUT2D eigenvalue weighted by molar-refractivity contribution is 6.32. The fourth-order valence-corrected chi connectivity index (χ4v) is 4.92. The minimum absolute atomic E-state index is 0.0241. The fraction of sp³-hybridized carbons (Fsp3) is 0.280. The van der Waals surface area contributed by atoms with Gasteiger partial charge in [-0.2, -0.15) is 0 Å². The quantitative estimate of drug-likeness (QED) is 0.665. The molecule has 1 aliphatic carbocycles. The lowest BCUT2D eigenvalue weighted by atomic mass is 9.69. The van der Waals surface area contributed by atoms with Gasteiger partial charge in [-0.05, 0) is 35.6 Å². The van der Waals surface area contributed by atoms with Gasteiger partial charge in [0.1, 0.15) is 5.92 Å². The Morgan fingerprint density at radius 3 is 2.53 bits per heavy atom. The van der Waals surface area contributed by atoms with Crippen LogP contribution in [0, 0.1) is 5.92 Å². The topological polar surface area (TPSA) is 84.9 Å². The average molecular weight is 454 g/mol. The van der Waals surface area contributed by atoms with E-state index in [0.717, 1.165) is 11.3 Å². The summed E-state index contributed by atoms with van der Waals surface area (Å²) in [5, 5.41) is 13.5. The smallest absolute Gasteiger partial charge is 0.315 e. The summed E-state index contributed by atoms with van der Waals surface area (Å²) in [6, 6.07) is 13.0. The molecule has 0 spiro atoms. The van der Waals surface area contributed by atoms with E-state index in [9.17, 15) is 14.7 Å². The van der Waals surface area contributed by atoms with Gasteiger partial charge in [0.25, 0.3) is 0 Å². The number of ketones is 1. The van der Waals surface area contributed by atoms with Gasteiger partial charge in [0.2, 0.25) is 0 Å². The number of allylic oxidation sites excluding steroid dienone is 2. The summed E-state index contributed by atoms with van der Waals surface area (Å²) >= 11 is 6.24. The number of esters is 1. The molecule has 0 saturated carbocycles. The van der Waals surface area contributed by atoms with Crippen LogP contribution in [0.5, 0.6) is 11.5 Å². The van der Waals surface area contributed by atoms with Gasteiger partial charge in [-0.1, -0.05) is 48.5 Å². The summed E-state index contributed by atoms with van der Waals surface area (Å²) in [5.41, 5.74) is 3.37. The lowest BCUT2D eigenvalue weighted by molar-refractivity contribution is -0.144. The molecule has 2 aromatic carbocycles. The molecule has 1 heterocycles. The van der Waals surface area contributed by atoms with Crippen LogP contribution in [-0.4, -0.2) is 31.1 Å². The predicted molar refractivity (Wildman–Crippen MR) is 121 cm³/mol. The normalized spacial score (nSPS) is 22.8. The van der Waals surface area contributed by atoms with Crippen molar-refractivity contribution in [2.45, 2.75) is 24.7 Å². The van der Waals surface area contributed by atoms with Crippen LogP contribution < -0.4 is 10.1 Å². The maximum atomic E-state index is 13.5. The highest BCUT2D eigenvalue weighted by atomic mass is 35.5. The number of hydrogen-bond donors (Lipinski definition) is 2. The molecule has 3 unspecified atom stereocenters. The Balaban J connectivity index is 1.86. The van der Waals surface area contributed by atoms with Crippen LogP contribution in [0.2, 0.25) is 5.02 Å². The minimum atomic E-state index is -0.832. The number of phenols is 1. The van der Waals surface area contributed by atoms with Crippen LogP contribution in [0.25, 0.3) is 0 Å². The maximum Gasteiger partial charge on any atom is 0.315 e. The van der Waals surface area contributed by atoms with Crippen molar-refractivity contribution in [3.8, 4) is 11.5 Å². The number of methoxy groups -OCH3 is 2. The van der Waals surface area contributed by atoms with E-state index in [1.54, 1.807) is 12.1 Å². The molecule has 2 aromatic rings. The zero-order valence-corrected chi connectivity index (χ0v) is 18.6. The highest BCUT2D eigenvalue weighted by Gasteiger charge is 2.45. The van der Waals surface area contributed by atoms with Gasteiger partial charge in [0.05, 0.1) is 19.2 Å². The van der Waals surface area contributed by atoms with Gasteiger partial charge in [0.15, 0.2) is 17.3 Å². The monoisotopic (exact) mass is 453 g/mol. The molecule has 0 bridgehead atoms. The van der Waals surface area contributed by atoms with Gasteiger partial charge in [-0.25, -0.2) is 0 Å². The number of aromatic hydroxyl groups is 1. The molecule has 32 heavy (non-hydrogen) atoms. The Bertz CT molecular complexity index is 1120. The fourth-order valence-electron chi connectivity index (χ4n) is 4.70. The second kappa shape index (κ2) is 8.71. The summed E-state index contributed by atoms with van der Waals surface area (Å²) in [6.45, 7) is 4.07. The number of nitrogens with one attached hydrogen (secondary N) is 1. The number of ether oxygens (including phenoxy) is 2. The van der Waals surface area contributed by atoms with E-state index in [1.807, 2.05) is 30.3 Å². The zero-order chi connectivity index (χ0) is 23.0. The van der Waals surface area contributed by atoms with Crippen molar-refractivity contribution in [3.05, 3.63) is 82.2 Å². The third-order valence-corrected chi connectivity index (χ3v) is 6.48. The Hall–Kier alpha value is -3.25. The van der Waals surface area contributed by atoms with Gasteiger partial charge in [-0.15, -0.1) is 0 Å². The summed E-state index contributed by atoms with van der Waals surface area (Å²) in [5.74, 6) is -2.08. The van der Waals surface area contributed by atoms with Gasteiger partial charge in [-0.3, -0.25) is 9.59 Å². The number of Topliss-reactive ketones (excluding diaryl/α,β-unsaturated/α-hetero) is 1. The molecule has 0 fully saturated rings. The van der Waals surface area contributed by atoms with Crippen LogP contribution >= 0.6 is 11.6 Å². The molecule has 0 saturated heterocycles. The van der Waals surface area contributed by atoms with E-state index in [1.165, 1.54) is 14.2 Å². The summed E-state index contributed by atoms with van der Waals surface area (Å²) in [4.78, 5) is 26.2. The van der Waals surface area contributed by atoms with E-state index < -0.39 is 17.8 Å². The molecule has 166 valence electrons. The number of halogens is 1. The zero-order valence-electron chi connectivity index (χ0n) is 17.9. The van der Waals surface area contributed by atoms with Crippen LogP contribution in [0.3, 0.4) is 0 Å². The standard InChI is InChI=1S/C25H24ClNO5/c1-13-21(25(30)32-3)22(16-9-17(26)24(29)20(12-16)31-2)23-18(27-13)10-15(11-19(23)28)14-7-5-4-6-8-14/h4-9,12,15,21-22,27,29H,1,10-11H2,2-3H3. The van der Waals surface area contributed by atoms with Crippen molar-refractivity contribution in [1.29, 1.82) is 0 Å². The molecule has 0 radical (unpaired) electrons. The lowest BCUT2D eigenvalue weighted by Gasteiger charge is -2.40. The molecule has 3 atom stereocenters. The Morgan fingerprint density at radius 2 is 1.88 bits per heavy atom. The van der Waals surface area contributed by atoms with E-state index in [-0.39, 0.29) is 28.2 Å². The van der Waals surface area contributed by atoms with Crippen molar-refractivity contribution in [3.63, 3.8) is 0 Å². The Kier molecular flexibility index (Phi) is 5.98. The summed E-state index contributed by atoms with van der Waals surface area (Å²) < 4.78 is 10.3. The van der Waals surface area contributed by atoms with Crippen molar-refractivity contribution < 1.29 is 24.2 Å². The number of carbonyl (C=O) groups excluding carboxylic acids is 2. The maximum absolute atomic E-state index is 13.5. The van der Waals surface area contributed by atoms with Gasteiger partial charge < -0.3 is 19.9 Å². The molecule has 0 aromatic heterocycles. The lowest BCUT2D eigenvalue weighted by Crippen LogP contribution is -2.42. The van der Waals surface area contributed by atoms with Crippen molar-refractivity contribution in [2.24, 2.45) is 5.92 Å². The van der Waals surface area contributed by atoms with E-state index in [0.29, 0.717) is 29.7 Å². The van der Waals surface area contributed by atoms with Crippen molar-refractivity contribution in [1.82, 2.24) is 5.32 Å². The minimum Gasteiger partial charge on any atom is -0.503 e. The number of carbonyl (C=O) groups is 2. The third kappa shape index (κ3) is 3.75. The summed E-state index contributed by atoms with van der Waals surface area (Å²) in [6.07, 6.45) is 0.932. The van der Waals surface area contributed by atoms with Crippen LogP contribution in [0.15, 0.2) is 66.0 Å². The largest absolute Gasteiger partial charge is 0.503 e. The van der Waals surface area contributed by atoms with Gasteiger partial charge >= 0.3 is 5.97 Å². The summed E-state index contributed by atoms with van der Waals surface area (Å²) in [7, 11) is 2.71. The first-order valence-electron chi connectivity index (χ1n) is 10.3. The second-order valence-electron chi connectivity index (χ2n) is 8.01. The SMILES string of the molecule is C=C1NC2=C(C(=O)CC(c3ccccc3)C2)C(c2cc(Cl)c(O)c(OC)c2)C1C(=O)OC. The average Bonchev–Trinajstić information content (AvgIpc) is 2.79. The second-order valence-corrected chi connectivity index (χ2v) is 8.42. The number of phenolic OH excluding ortho intramolecular Hbond substituents is 1. The highest BCUT2D eigenvalue weighted by Crippen LogP contribution is 2.49. The number of rotatable bonds is 4.